The van der Waals surface area contributed by atoms with Crippen LogP contribution in [0.25, 0.3) is 0 Å². The van der Waals surface area contributed by atoms with Gasteiger partial charge in [-0.2, -0.15) is 0 Å². The molecule has 5 nitrogen and oxygen atoms in total. The SMILES string of the molecule is CCOc1cccc(C(=O)N2CCC(C(=O)N3CCCCCC3)CC2)c1. The lowest BCUT2D eigenvalue weighted by atomic mass is 9.94. The number of likely N-dealkylation sites (tertiary alicyclic amines) is 2. The van der Waals surface area contributed by atoms with Crippen LogP contribution in [0.4, 0.5) is 0 Å². The smallest absolute Gasteiger partial charge is 0.253 e. The number of hydrogen-bond acceptors (Lipinski definition) is 3. The largest absolute Gasteiger partial charge is 0.494 e. The third kappa shape index (κ3) is 4.57. The summed E-state index contributed by atoms with van der Waals surface area (Å²) >= 11 is 0. The Kier molecular flexibility index (Phi) is 6.53. The minimum atomic E-state index is 0.0345. The topological polar surface area (TPSA) is 49.9 Å². The molecule has 5 heteroatoms. The summed E-state index contributed by atoms with van der Waals surface area (Å²) in [4.78, 5) is 29.5. The Morgan fingerprint density at radius 1 is 1.00 bits per heavy atom. The Bertz CT molecular complexity index is 615. The first kappa shape index (κ1) is 18.7. The number of rotatable bonds is 4. The van der Waals surface area contributed by atoms with E-state index < -0.39 is 0 Å². The number of benzene rings is 1. The number of carbonyl (C=O) groups is 2. The molecule has 2 saturated heterocycles. The maximum Gasteiger partial charge on any atom is 0.253 e. The zero-order chi connectivity index (χ0) is 18.4. The Labute approximate surface area is 156 Å². The summed E-state index contributed by atoms with van der Waals surface area (Å²) in [6.45, 7) is 5.64. The van der Waals surface area contributed by atoms with Crippen molar-refractivity contribution in [3.05, 3.63) is 29.8 Å². The van der Waals surface area contributed by atoms with Crippen LogP contribution in [-0.2, 0) is 4.79 Å². The molecule has 2 aliphatic heterocycles. The van der Waals surface area contributed by atoms with Crippen molar-refractivity contribution in [1.82, 2.24) is 9.80 Å². The van der Waals surface area contributed by atoms with E-state index in [0.29, 0.717) is 31.2 Å². The summed E-state index contributed by atoms with van der Waals surface area (Å²) in [5, 5.41) is 0. The number of hydrogen-bond donors (Lipinski definition) is 0. The Morgan fingerprint density at radius 2 is 1.69 bits per heavy atom. The third-order valence-corrected chi connectivity index (χ3v) is 5.44. The third-order valence-electron chi connectivity index (χ3n) is 5.44. The number of amides is 2. The minimum absolute atomic E-state index is 0.0345. The normalized spacial score (nSPS) is 19.1. The molecule has 1 aromatic carbocycles. The van der Waals surface area contributed by atoms with Crippen molar-refractivity contribution in [1.29, 1.82) is 0 Å². The van der Waals surface area contributed by atoms with Gasteiger partial charge in [-0.15, -0.1) is 0 Å². The van der Waals surface area contributed by atoms with Crippen molar-refractivity contribution in [2.75, 3.05) is 32.8 Å². The lowest BCUT2D eigenvalue weighted by molar-refractivity contribution is -0.136. The van der Waals surface area contributed by atoms with E-state index in [9.17, 15) is 9.59 Å². The maximum atomic E-state index is 12.8. The molecule has 2 amide bonds. The van der Waals surface area contributed by atoms with E-state index in [-0.39, 0.29) is 11.8 Å². The van der Waals surface area contributed by atoms with Crippen molar-refractivity contribution < 1.29 is 14.3 Å². The van der Waals surface area contributed by atoms with E-state index in [0.717, 1.165) is 44.5 Å². The first-order chi connectivity index (χ1) is 12.7. The van der Waals surface area contributed by atoms with Gasteiger partial charge in [0.15, 0.2) is 0 Å². The summed E-state index contributed by atoms with van der Waals surface area (Å²) < 4.78 is 5.49. The molecule has 142 valence electrons. The molecule has 0 aromatic heterocycles. The minimum Gasteiger partial charge on any atom is -0.494 e. The zero-order valence-corrected chi connectivity index (χ0v) is 15.8. The molecule has 0 atom stereocenters. The summed E-state index contributed by atoms with van der Waals surface area (Å²) in [5.41, 5.74) is 0.660. The molecule has 0 N–H and O–H groups in total. The van der Waals surface area contributed by atoms with E-state index in [1.54, 1.807) is 6.07 Å². The zero-order valence-electron chi connectivity index (χ0n) is 15.8. The first-order valence-corrected chi connectivity index (χ1v) is 10.00. The fourth-order valence-electron chi connectivity index (χ4n) is 3.95. The van der Waals surface area contributed by atoms with E-state index in [1.807, 2.05) is 30.0 Å². The molecule has 0 radical (unpaired) electrons. The van der Waals surface area contributed by atoms with Crippen LogP contribution in [0.2, 0.25) is 0 Å². The summed E-state index contributed by atoms with van der Waals surface area (Å²) in [5.74, 6) is 1.14. The van der Waals surface area contributed by atoms with Crippen molar-refractivity contribution in [2.24, 2.45) is 5.92 Å². The van der Waals surface area contributed by atoms with Crippen LogP contribution in [-0.4, -0.2) is 54.4 Å². The molecule has 2 fully saturated rings. The van der Waals surface area contributed by atoms with Gasteiger partial charge in [-0.05, 0) is 50.8 Å². The van der Waals surface area contributed by atoms with Gasteiger partial charge in [0.1, 0.15) is 5.75 Å². The molecule has 2 heterocycles. The van der Waals surface area contributed by atoms with Gasteiger partial charge in [-0.3, -0.25) is 9.59 Å². The first-order valence-electron chi connectivity index (χ1n) is 10.00. The van der Waals surface area contributed by atoms with Crippen LogP contribution < -0.4 is 4.74 Å². The quantitative estimate of drug-likeness (QED) is 0.829. The monoisotopic (exact) mass is 358 g/mol. The van der Waals surface area contributed by atoms with Crippen molar-refractivity contribution in [3.8, 4) is 5.75 Å². The second-order valence-electron chi connectivity index (χ2n) is 7.27. The molecule has 26 heavy (non-hydrogen) atoms. The molecule has 0 unspecified atom stereocenters. The van der Waals surface area contributed by atoms with Gasteiger partial charge in [0.25, 0.3) is 5.91 Å². The summed E-state index contributed by atoms with van der Waals surface area (Å²) in [6, 6.07) is 7.36. The van der Waals surface area contributed by atoms with E-state index in [2.05, 4.69) is 4.90 Å². The van der Waals surface area contributed by atoms with Crippen LogP contribution in [0.3, 0.4) is 0 Å². The van der Waals surface area contributed by atoms with Crippen LogP contribution in [0.1, 0.15) is 55.8 Å². The Hall–Kier alpha value is -2.04. The second-order valence-corrected chi connectivity index (χ2v) is 7.27. The maximum absolute atomic E-state index is 12.8. The lowest BCUT2D eigenvalue weighted by Crippen LogP contribution is -2.44. The van der Waals surface area contributed by atoms with E-state index in [4.69, 9.17) is 4.74 Å². The highest BCUT2D eigenvalue weighted by Crippen LogP contribution is 2.24. The molecular formula is C21H30N2O3. The highest BCUT2D eigenvalue weighted by molar-refractivity contribution is 5.94. The number of carbonyl (C=O) groups excluding carboxylic acids is 2. The fourth-order valence-corrected chi connectivity index (χ4v) is 3.95. The van der Waals surface area contributed by atoms with Gasteiger partial charge in [-0.25, -0.2) is 0 Å². The average Bonchev–Trinajstić information content (AvgIpc) is 2.97. The van der Waals surface area contributed by atoms with Crippen LogP contribution in [0, 0.1) is 5.92 Å². The second kappa shape index (κ2) is 9.06. The average molecular weight is 358 g/mol. The molecule has 0 bridgehead atoms. The van der Waals surface area contributed by atoms with Gasteiger partial charge < -0.3 is 14.5 Å². The Balaban J connectivity index is 1.55. The van der Waals surface area contributed by atoms with Crippen LogP contribution in [0.5, 0.6) is 5.75 Å². The number of piperidine rings is 1. The van der Waals surface area contributed by atoms with Crippen molar-refractivity contribution >= 4 is 11.8 Å². The van der Waals surface area contributed by atoms with Gasteiger partial charge >= 0.3 is 0 Å². The van der Waals surface area contributed by atoms with Crippen molar-refractivity contribution in [2.45, 2.75) is 45.4 Å². The predicted molar refractivity (Wildman–Crippen MR) is 101 cm³/mol. The summed E-state index contributed by atoms with van der Waals surface area (Å²) in [6.07, 6.45) is 6.26. The van der Waals surface area contributed by atoms with Crippen LogP contribution >= 0.6 is 0 Å². The predicted octanol–water partition coefficient (Wildman–Crippen LogP) is 3.34. The van der Waals surface area contributed by atoms with Crippen molar-refractivity contribution in [3.63, 3.8) is 0 Å². The fraction of sp³-hybridized carbons (Fsp3) is 0.619. The highest BCUT2D eigenvalue weighted by atomic mass is 16.5. The highest BCUT2D eigenvalue weighted by Gasteiger charge is 2.30. The molecular weight excluding hydrogens is 328 g/mol. The number of ether oxygens (including phenoxy) is 1. The van der Waals surface area contributed by atoms with E-state index >= 15 is 0 Å². The summed E-state index contributed by atoms with van der Waals surface area (Å²) in [7, 11) is 0. The molecule has 0 aliphatic carbocycles. The molecule has 3 rings (SSSR count). The standard InChI is InChI=1S/C21H30N2O3/c1-2-26-19-9-7-8-18(16-19)21(25)23-14-10-17(11-15-23)20(24)22-12-5-3-4-6-13-22/h7-9,16-17H,2-6,10-15H2,1H3. The molecule has 2 aliphatic rings. The molecule has 1 aromatic rings. The Morgan fingerprint density at radius 3 is 2.35 bits per heavy atom. The lowest BCUT2D eigenvalue weighted by Gasteiger charge is -2.34. The number of nitrogens with zero attached hydrogens (tertiary/aromatic N) is 2. The van der Waals surface area contributed by atoms with Gasteiger partial charge in [0.2, 0.25) is 5.91 Å². The molecule has 0 saturated carbocycles. The van der Waals surface area contributed by atoms with Gasteiger partial charge in [0, 0.05) is 37.7 Å². The van der Waals surface area contributed by atoms with E-state index in [1.165, 1.54) is 12.8 Å². The van der Waals surface area contributed by atoms with Crippen LogP contribution in [0.15, 0.2) is 24.3 Å². The molecule has 0 spiro atoms. The van der Waals surface area contributed by atoms with Gasteiger partial charge in [0.05, 0.1) is 6.61 Å². The van der Waals surface area contributed by atoms with Gasteiger partial charge in [-0.1, -0.05) is 18.9 Å².